The second-order valence-corrected chi connectivity index (χ2v) is 9.30. The van der Waals surface area contributed by atoms with E-state index in [1.54, 1.807) is 0 Å². The highest BCUT2D eigenvalue weighted by molar-refractivity contribution is 5.60. The third kappa shape index (κ3) is 2.39. The van der Waals surface area contributed by atoms with E-state index in [4.69, 9.17) is 0 Å². The van der Waals surface area contributed by atoms with Gasteiger partial charge >= 0.3 is 0 Å². The summed E-state index contributed by atoms with van der Waals surface area (Å²) in [7, 11) is 0. The number of rotatable bonds is 2. The first-order valence-electron chi connectivity index (χ1n) is 9.37. The first kappa shape index (κ1) is 15.6. The number of fused-ring (bicyclic) bond motifs is 3. The molecule has 3 unspecified atom stereocenters. The van der Waals surface area contributed by atoms with Crippen LogP contribution < -0.4 is 0 Å². The lowest BCUT2D eigenvalue weighted by Crippen LogP contribution is -2.54. The summed E-state index contributed by atoms with van der Waals surface area (Å²) in [6.45, 7) is 9.61. The molecule has 3 saturated carbocycles. The maximum Gasteiger partial charge on any atom is 0.126 e. The van der Waals surface area contributed by atoms with Crippen LogP contribution in [0.15, 0.2) is 0 Å². The summed E-state index contributed by atoms with van der Waals surface area (Å²) in [6, 6.07) is 0. The van der Waals surface area contributed by atoms with Crippen molar-refractivity contribution in [3.8, 4) is 0 Å². The Bertz CT molecular complexity index is 401. The lowest BCUT2D eigenvalue weighted by molar-refractivity contribution is -0.143. The Morgan fingerprint density at radius 2 is 1.81 bits per heavy atom. The summed E-state index contributed by atoms with van der Waals surface area (Å²) >= 11 is 0. The molecule has 21 heavy (non-hydrogen) atoms. The molecule has 3 aliphatic carbocycles. The molecule has 0 aromatic rings. The molecule has 120 valence electrons. The van der Waals surface area contributed by atoms with Gasteiger partial charge in [-0.1, -0.05) is 34.1 Å². The molecule has 3 rings (SSSR count). The Kier molecular flexibility index (Phi) is 3.99. The highest BCUT2D eigenvalue weighted by atomic mass is 16.1. The molecule has 0 heterocycles. The lowest BCUT2D eigenvalue weighted by atomic mass is 9.44. The molecule has 0 amide bonds. The Labute approximate surface area is 131 Å². The summed E-state index contributed by atoms with van der Waals surface area (Å²) < 4.78 is 0. The van der Waals surface area contributed by atoms with Gasteiger partial charge in [0.1, 0.15) is 6.29 Å². The molecule has 6 atom stereocenters. The van der Waals surface area contributed by atoms with Crippen LogP contribution in [0.1, 0.15) is 79.1 Å². The maximum absolute atomic E-state index is 11.8. The van der Waals surface area contributed by atoms with Crippen molar-refractivity contribution in [1.82, 2.24) is 0 Å². The minimum absolute atomic E-state index is 0.0349. The highest BCUT2D eigenvalue weighted by Crippen LogP contribution is 2.63. The summed E-state index contributed by atoms with van der Waals surface area (Å²) in [5, 5.41) is 0. The van der Waals surface area contributed by atoms with Gasteiger partial charge in [0, 0.05) is 5.41 Å². The van der Waals surface area contributed by atoms with E-state index in [2.05, 4.69) is 27.7 Å². The van der Waals surface area contributed by atoms with Crippen LogP contribution in [-0.4, -0.2) is 6.29 Å². The van der Waals surface area contributed by atoms with Crippen molar-refractivity contribution >= 4 is 6.29 Å². The molecule has 0 N–H and O–H groups in total. The quantitative estimate of drug-likeness (QED) is 0.615. The standard InChI is InChI=1S/C20H34O/c1-14(2)15-6-8-17-16(12-15)7-9-18-19(3,13-21)10-5-11-20(17,18)4/h13-18H,5-12H2,1-4H3/t15?,16?,17-,18?,19-,20+/m0/s1. The van der Waals surface area contributed by atoms with Crippen LogP contribution in [0.2, 0.25) is 0 Å². The molecule has 0 aliphatic heterocycles. The Morgan fingerprint density at radius 1 is 1.05 bits per heavy atom. The molecule has 0 bridgehead atoms. The van der Waals surface area contributed by atoms with Crippen LogP contribution in [0.3, 0.4) is 0 Å². The fraction of sp³-hybridized carbons (Fsp3) is 0.950. The predicted molar refractivity (Wildman–Crippen MR) is 88.0 cm³/mol. The molecule has 1 heteroatoms. The molecular weight excluding hydrogens is 256 g/mol. The lowest BCUT2D eigenvalue weighted by Gasteiger charge is -2.60. The molecule has 0 aromatic carbocycles. The van der Waals surface area contributed by atoms with Crippen molar-refractivity contribution in [3.63, 3.8) is 0 Å². The van der Waals surface area contributed by atoms with E-state index in [0.717, 1.165) is 30.1 Å². The van der Waals surface area contributed by atoms with Gasteiger partial charge < -0.3 is 4.79 Å². The van der Waals surface area contributed by atoms with Gasteiger partial charge in [0.15, 0.2) is 0 Å². The molecule has 0 saturated heterocycles. The van der Waals surface area contributed by atoms with E-state index >= 15 is 0 Å². The summed E-state index contributed by atoms with van der Waals surface area (Å²) in [4.78, 5) is 11.8. The second kappa shape index (κ2) is 5.39. The van der Waals surface area contributed by atoms with Crippen LogP contribution in [-0.2, 0) is 4.79 Å². The van der Waals surface area contributed by atoms with Gasteiger partial charge in [0.25, 0.3) is 0 Å². The topological polar surface area (TPSA) is 17.1 Å². The first-order valence-corrected chi connectivity index (χ1v) is 9.37. The van der Waals surface area contributed by atoms with Crippen molar-refractivity contribution in [2.24, 2.45) is 40.4 Å². The monoisotopic (exact) mass is 290 g/mol. The number of hydrogen-bond acceptors (Lipinski definition) is 1. The van der Waals surface area contributed by atoms with Gasteiger partial charge in [-0.3, -0.25) is 0 Å². The smallest absolute Gasteiger partial charge is 0.126 e. The van der Waals surface area contributed by atoms with Gasteiger partial charge in [-0.15, -0.1) is 0 Å². The number of aldehydes is 1. The van der Waals surface area contributed by atoms with E-state index in [-0.39, 0.29) is 5.41 Å². The normalized spacial score (nSPS) is 50.3. The SMILES string of the molecule is CC(C)C1CC[C@H]2C(CCC3[C@]2(C)CCC[C@@]3(C)C=O)C1. The van der Waals surface area contributed by atoms with Crippen molar-refractivity contribution in [2.45, 2.75) is 79.1 Å². The Hall–Kier alpha value is -0.330. The Morgan fingerprint density at radius 3 is 2.48 bits per heavy atom. The predicted octanol–water partition coefficient (Wildman–Crippen LogP) is 5.48. The first-order chi connectivity index (χ1) is 9.90. The van der Waals surface area contributed by atoms with Crippen molar-refractivity contribution < 1.29 is 4.79 Å². The van der Waals surface area contributed by atoms with Crippen molar-refractivity contribution in [3.05, 3.63) is 0 Å². The van der Waals surface area contributed by atoms with Gasteiger partial charge in [-0.05, 0) is 80.0 Å². The zero-order chi connectivity index (χ0) is 15.3. The second-order valence-electron chi connectivity index (χ2n) is 9.30. The molecule has 3 aliphatic rings. The summed E-state index contributed by atoms with van der Waals surface area (Å²) in [6.07, 6.45) is 12.1. The molecule has 0 spiro atoms. The third-order valence-corrected chi connectivity index (χ3v) is 7.93. The van der Waals surface area contributed by atoms with Gasteiger partial charge in [-0.2, -0.15) is 0 Å². The van der Waals surface area contributed by atoms with E-state index in [1.165, 1.54) is 51.2 Å². The molecule has 0 aromatic heterocycles. The molecular formula is C20H34O. The molecule has 3 fully saturated rings. The summed E-state index contributed by atoms with van der Waals surface area (Å²) in [5.74, 6) is 4.29. The van der Waals surface area contributed by atoms with Crippen molar-refractivity contribution in [1.29, 1.82) is 0 Å². The average Bonchev–Trinajstić information content (AvgIpc) is 2.46. The van der Waals surface area contributed by atoms with E-state index in [9.17, 15) is 4.79 Å². The van der Waals surface area contributed by atoms with E-state index in [1.807, 2.05) is 0 Å². The summed E-state index contributed by atoms with van der Waals surface area (Å²) in [5.41, 5.74) is 0.408. The third-order valence-electron chi connectivity index (χ3n) is 7.93. The van der Waals surface area contributed by atoms with Crippen LogP contribution in [0.4, 0.5) is 0 Å². The zero-order valence-electron chi connectivity index (χ0n) is 14.5. The zero-order valence-corrected chi connectivity index (χ0v) is 14.5. The largest absolute Gasteiger partial charge is 0.303 e. The fourth-order valence-electron chi connectivity index (χ4n) is 6.67. The van der Waals surface area contributed by atoms with Gasteiger partial charge in [-0.25, -0.2) is 0 Å². The van der Waals surface area contributed by atoms with Crippen molar-refractivity contribution in [2.75, 3.05) is 0 Å². The van der Waals surface area contributed by atoms with Gasteiger partial charge in [0.2, 0.25) is 0 Å². The highest BCUT2D eigenvalue weighted by Gasteiger charge is 2.56. The fourth-order valence-corrected chi connectivity index (χ4v) is 6.67. The van der Waals surface area contributed by atoms with Crippen LogP contribution >= 0.6 is 0 Å². The minimum atomic E-state index is -0.0349. The maximum atomic E-state index is 11.8. The molecule has 1 nitrogen and oxygen atoms in total. The van der Waals surface area contributed by atoms with E-state index < -0.39 is 0 Å². The van der Waals surface area contributed by atoms with E-state index in [0.29, 0.717) is 11.3 Å². The molecule has 0 radical (unpaired) electrons. The van der Waals surface area contributed by atoms with Crippen LogP contribution in [0.25, 0.3) is 0 Å². The van der Waals surface area contributed by atoms with Crippen LogP contribution in [0, 0.1) is 40.4 Å². The average molecular weight is 290 g/mol. The Balaban J connectivity index is 1.84. The minimum Gasteiger partial charge on any atom is -0.303 e. The number of carbonyl (C=O) groups excluding carboxylic acids is 1. The van der Waals surface area contributed by atoms with Crippen LogP contribution in [0.5, 0.6) is 0 Å². The number of hydrogen-bond donors (Lipinski definition) is 0. The van der Waals surface area contributed by atoms with Gasteiger partial charge in [0.05, 0.1) is 0 Å². The number of carbonyl (C=O) groups is 1.